The van der Waals surface area contributed by atoms with Gasteiger partial charge >= 0.3 is 0 Å². The van der Waals surface area contributed by atoms with E-state index in [0.29, 0.717) is 17.6 Å². The molecule has 0 aliphatic heterocycles. The number of halogens is 1. The van der Waals surface area contributed by atoms with Crippen LogP contribution in [0.2, 0.25) is 0 Å². The normalized spacial score (nSPS) is 20.8. The van der Waals surface area contributed by atoms with Crippen LogP contribution in [0.3, 0.4) is 0 Å². The van der Waals surface area contributed by atoms with Crippen molar-refractivity contribution < 1.29 is 18.3 Å². The summed E-state index contributed by atoms with van der Waals surface area (Å²) in [5.74, 6) is 1.72. The average molecular weight is 330 g/mol. The highest BCUT2D eigenvalue weighted by Crippen LogP contribution is 2.47. The highest BCUT2D eigenvalue weighted by Gasteiger charge is 2.36. The second kappa shape index (κ2) is 6.86. The van der Waals surface area contributed by atoms with Crippen molar-refractivity contribution in [1.82, 2.24) is 5.43 Å². The van der Waals surface area contributed by atoms with Crippen molar-refractivity contribution in [3.8, 4) is 5.75 Å². The Morgan fingerprint density at radius 3 is 2.88 bits per heavy atom. The molecular weight excluding hydrogens is 311 g/mol. The van der Waals surface area contributed by atoms with Crippen LogP contribution in [0.25, 0.3) is 0 Å². The lowest BCUT2D eigenvalue weighted by Gasteiger charge is -2.13. The molecule has 24 heavy (non-hydrogen) atoms. The first-order valence-corrected chi connectivity index (χ1v) is 7.88. The molecule has 1 aliphatic carbocycles. The summed E-state index contributed by atoms with van der Waals surface area (Å²) in [5, 5.41) is 3.85. The summed E-state index contributed by atoms with van der Waals surface area (Å²) >= 11 is 0. The molecular formula is C18H19FN2O3. The largest absolute Gasteiger partial charge is 0.478 e. The lowest BCUT2D eigenvalue weighted by molar-refractivity contribution is -0.127. The summed E-state index contributed by atoms with van der Waals surface area (Å²) in [6.45, 7) is 3.70. The first-order chi connectivity index (χ1) is 11.5. The molecule has 0 unspecified atom stereocenters. The van der Waals surface area contributed by atoms with Crippen molar-refractivity contribution in [3.05, 3.63) is 53.7 Å². The van der Waals surface area contributed by atoms with Gasteiger partial charge in [0.15, 0.2) is 17.7 Å². The minimum absolute atomic E-state index is 0.0263. The van der Waals surface area contributed by atoms with Gasteiger partial charge < -0.3 is 9.15 Å². The molecule has 1 amide bonds. The lowest BCUT2D eigenvalue weighted by Crippen LogP contribution is -2.33. The standard InChI is InChI=1S/C18H19FN2O3/c1-11-9-14(11)16-8-7-13(24-16)10-20-21-18(22)12(2)23-17-6-4-3-5-15(17)19/h3-8,10-12,14H,9H2,1-2H3,(H,21,22)/b20-10-/t11-,12-,14+/m1/s1. The summed E-state index contributed by atoms with van der Waals surface area (Å²) in [6, 6.07) is 9.67. The molecule has 5 nitrogen and oxygen atoms in total. The first-order valence-electron chi connectivity index (χ1n) is 7.88. The van der Waals surface area contributed by atoms with Crippen molar-refractivity contribution in [2.45, 2.75) is 32.3 Å². The molecule has 1 saturated carbocycles. The van der Waals surface area contributed by atoms with E-state index in [1.54, 1.807) is 12.1 Å². The molecule has 6 heteroatoms. The Hall–Kier alpha value is -2.63. The minimum Gasteiger partial charge on any atom is -0.478 e. The van der Waals surface area contributed by atoms with Crippen LogP contribution in [-0.2, 0) is 4.79 Å². The van der Waals surface area contributed by atoms with Gasteiger partial charge in [-0.25, -0.2) is 9.82 Å². The fraction of sp³-hybridized carbons (Fsp3) is 0.333. The molecule has 3 rings (SSSR count). The van der Waals surface area contributed by atoms with E-state index in [0.717, 1.165) is 12.2 Å². The third-order valence-electron chi connectivity index (χ3n) is 4.00. The van der Waals surface area contributed by atoms with Gasteiger partial charge in [-0.1, -0.05) is 19.1 Å². The Balaban J connectivity index is 1.51. The fourth-order valence-corrected chi connectivity index (χ4v) is 2.39. The Kier molecular flexibility index (Phi) is 4.64. The van der Waals surface area contributed by atoms with E-state index in [4.69, 9.17) is 9.15 Å². The van der Waals surface area contributed by atoms with E-state index in [1.807, 2.05) is 12.1 Å². The van der Waals surface area contributed by atoms with Gasteiger partial charge in [0, 0.05) is 5.92 Å². The van der Waals surface area contributed by atoms with Crippen LogP contribution in [-0.4, -0.2) is 18.2 Å². The van der Waals surface area contributed by atoms with Crippen LogP contribution in [0, 0.1) is 11.7 Å². The van der Waals surface area contributed by atoms with Gasteiger partial charge in [-0.05, 0) is 43.5 Å². The van der Waals surface area contributed by atoms with Crippen LogP contribution in [0.15, 0.2) is 45.9 Å². The topological polar surface area (TPSA) is 63.8 Å². The molecule has 0 saturated heterocycles. The van der Waals surface area contributed by atoms with Crippen molar-refractivity contribution in [3.63, 3.8) is 0 Å². The van der Waals surface area contributed by atoms with Gasteiger partial charge in [-0.15, -0.1) is 0 Å². The first kappa shape index (κ1) is 16.2. The molecule has 1 aromatic carbocycles. The molecule has 1 aromatic heterocycles. The van der Waals surface area contributed by atoms with E-state index in [9.17, 15) is 9.18 Å². The SMILES string of the molecule is C[C@@H]1C[C@@H]1c1ccc(/C=N\NC(=O)[C@@H](C)Oc2ccccc2F)o1. The van der Waals surface area contributed by atoms with Gasteiger partial charge in [0.1, 0.15) is 11.5 Å². The molecule has 126 valence electrons. The third kappa shape index (κ3) is 3.82. The molecule has 1 N–H and O–H groups in total. The number of hydrogen-bond acceptors (Lipinski definition) is 4. The predicted molar refractivity (Wildman–Crippen MR) is 87.5 cm³/mol. The fourth-order valence-electron chi connectivity index (χ4n) is 2.39. The maximum atomic E-state index is 13.5. The number of carbonyl (C=O) groups is 1. The molecule has 3 atom stereocenters. The summed E-state index contributed by atoms with van der Waals surface area (Å²) in [6.07, 6.45) is 1.70. The smallest absolute Gasteiger partial charge is 0.280 e. The van der Waals surface area contributed by atoms with Gasteiger partial charge in [-0.2, -0.15) is 5.10 Å². The number of benzene rings is 1. The second-order valence-corrected chi connectivity index (χ2v) is 5.98. The van der Waals surface area contributed by atoms with Crippen LogP contribution >= 0.6 is 0 Å². The van der Waals surface area contributed by atoms with E-state index in [2.05, 4.69) is 17.5 Å². The third-order valence-corrected chi connectivity index (χ3v) is 4.00. The van der Waals surface area contributed by atoms with Gasteiger partial charge in [0.05, 0.1) is 6.21 Å². The molecule has 0 bridgehead atoms. The van der Waals surface area contributed by atoms with Crippen LogP contribution in [0.4, 0.5) is 4.39 Å². The number of nitrogens with one attached hydrogen (secondary N) is 1. The predicted octanol–water partition coefficient (Wildman–Crippen LogP) is 3.46. The van der Waals surface area contributed by atoms with Gasteiger partial charge in [-0.3, -0.25) is 4.79 Å². The van der Waals surface area contributed by atoms with Crippen molar-refractivity contribution >= 4 is 12.1 Å². The second-order valence-electron chi connectivity index (χ2n) is 5.98. The zero-order valence-corrected chi connectivity index (χ0v) is 13.5. The summed E-state index contributed by atoms with van der Waals surface area (Å²) < 4.78 is 24.4. The number of hydrogen-bond donors (Lipinski definition) is 1. The van der Waals surface area contributed by atoms with E-state index in [-0.39, 0.29) is 5.75 Å². The van der Waals surface area contributed by atoms with Crippen molar-refractivity contribution in [2.75, 3.05) is 0 Å². The number of rotatable bonds is 6. The number of ether oxygens (including phenoxy) is 1. The molecule has 0 radical (unpaired) electrons. The lowest BCUT2D eigenvalue weighted by atomic mass is 10.3. The number of carbonyl (C=O) groups excluding carboxylic acids is 1. The maximum Gasteiger partial charge on any atom is 0.280 e. The number of nitrogens with zero attached hydrogens (tertiary/aromatic N) is 1. The quantitative estimate of drug-likeness (QED) is 0.652. The highest BCUT2D eigenvalue weighted by atomic mass is 19.1. The van der Waals surface area contributed by atoms with Crippen LogP contribution in [0.1, 0.15) is 37.7 Å². The zero-order chi connectivity index (χ0) is 17.1. The maximum absolute atomic E-state index is 13.5. The highest BCUT2D eigenvalue weighted by molar-refractivity contribution is 5.83. The van der Waals surface area contributed by atoms with Crippen molar-refractivity contribution in [2.24, 2.45) is 11.0 Å². The number of para-hydroxylation sites is 1. The van der Waals surface area contributed by atoms with E-state index >= 15 is 0 Å². The number of amides is 1. The minimum atomic E-state index is -0.876. The molecule has 1 heterocycles. The zero-order valence-electron chi connectivity index (χ0n) is 13.5. The Morgan fingerprint density at radius 2 is 2.17 bits per heavy atom. The molecule has 1 aliphatic rings. The monoisotopic (exact) mass is 330 g/mol. The Morgan fingerprint density at radius 1 is 1.42 bits per heavy atom. The summed E-state index contributed by atoms with van der Waals surface area (Å²) in [4.78, 5) is 11.9. The Labute approximate surface area is 139 Å². The summed E-state index contributed by atoms with van der Waals surface area (Å²) in [5.41, 5.74) is 2.36. The van der Waals surface area contributed by atoms with Crippen molar-refractivity contribution in [1.29, 1.82) is 0 Å². The average Bonchev–Trinajstić information content (AvgIpc) is 3.10. The van der Waals surface area contributed by atoms with E-state index < -0.39 is 17.8 Å². The molecule has 2 aromatic rings. The summed E-state index contributed by atoms with van der Waals surface area (Å²) in [7, 11) is 0. The van der Waals surface area contributed by atoms with E-state index in [1.165, 1.54) is 25.3 Å². The van der Waals surface area contributed by atoms with Crippen LogP contribution in [0.5, 0.6) is 5.75 Å². The molecule has 1 fully saturated rings. The molecule has 0 spiro atoms. The number of hydrazone groups is 1. The Bertz CT molecular complexity index is 756. The van der Waals surface area contributed by atoms with Gasteiger partial charge in [0.25, 0.3) is 5.91 Å². The number of furan rings is 1. The van der Waals surface area contributed by atoms with Crippen LogP contribution < -0.4 is 10.2 Å². The van der Waals surface area contributed by atoms with Gasteiger partial charge in [0.2, 0.25) is 0 Å².